The van der Waals surface area contributed by atoms with Gasteiger partial charge in [-0.15, -0.1) is 0 Å². The van der Waals surface area contributed by atoms with Crippen LogP contribution < -0.4 is 0 Å². The highest BCUT2D eigenvalue weighted by atomic mass is 19.1. The number of carboxylic acid groups (broad SMARTS) is 1. The zero-order valence-corrected chi connectivity index (χ0v) is 26.5. The Kier molecular flexibility index (Phi) is 14.2. The lowest BCUT2D eigenvalue weighted by Gasteiger charge is -2.37. The number of hydrogen-bond donors (Lipinski definition) is 1. The van der Waals surface area contributed by atoms with Crippen LogP contribution in [0.3, 0.4) is 0 Å². The molecule has 1 heterocycles. The molecule has 240 valence electrons. The molecule has 2 unspecified atom stereocenters. The number of unbranched alkanes of at least 4 members (excludes halogenated alkanes) is 9. The van der Waals surface area contributed by atoms with Gasteiger partial charge in [-0.3, -0.25) is 4.79 Å². The maximum Gasteiger partial charge on any atom is 0.314 e. The van der Waals surface area contributed by atoms with Gasteiger partial charge in [-0.1, -0.05) is 134 Å². The minimum absolute atomic E-state index is 0.362. The molecule has 0 radical (unpaired) electrons. The molecule has 1 aromatic carbocycles. The predicted molar refractivity (Wildman–Crippen MR) is 169 cm³/mol. The number of ether oxygens (including phenoxy) is 3. The van der Waals surface area contributed by atoms with Gasteiger partial charge in [-0.05, 0) is 30.9 Å². The molecule has 5 nitrogen and oxygen atoms in total. The highest BCUT2D eigenvalue weighted by Crippen LogP contribution is 2.44. The molecule has 43 heavy (non-hydrogen) atoms. The van der Waals surface area contributed by atoms with E-state index in [1.165, 1.54) is 95.6 Å². The van der Waals surface area contributed by atoms with E-state index in [0.29, 0.717) is 31.3 Å². The van der Waals surface area contributed by atoms with E-state index in [0.717, 1.165) is 37.2 Å². The van der Waals surface area contributed by atoms with Gasteiger partial charge in [0.25, 0.3) is 0 Å². The smallest absolute Gasteiger partial charge is 0.314 e. The maximum absolute atomic E-state index is 16.0. The van der Waals surface area contributed by atoms with Crippen LogP contribution in [0.15, 0.2) is 48.3 Å². The minimum atomic E-state index is -1.49. The Balaban J connectivity index is 1.35. The Morgan fingerprint density at radius 3 is 2.21 bits per heavy atom. The van der Waals surface area contributed by atoms with Crippen molar-refractivity contribution in [2.75, 3.05) is 19.8 Å². The summed E-state index contributed by atoms with van der Waals surface area (Å²) in [7, 11) is 0. The number of benzene rings is 1. The highest BCUT2D eigenvalue weighted by Gasteiger charge is 2.42. The number of carbonyl (C=O) groups is 1. The normalized spacial score (nSPS) is 26.1. The van der Waals surface area contributed by atoms with Crippen LogP contribution in [0.2, 0.25) is 0 Å². The van der Waals surface area contributed by atoms with E-state index in [-0.39, 0.29) is 0 Å². The minimum Gasteiger partial charge on any atom is -0.481 e. The van der Waals surface area contributed by atoms with Gasteiger partial charge in [0, 0.05) is 23.7 Å². The lowest BCUT2D eigenvalue weighted by molar-refractivity contribution is -0.207. The summed E-state index contributed by atoms with van der Waals surface area (Å²) in [5.74, 6) is -1.43. The summed E-state index contributed by atoms with van der Waals surface area (Å²) in [6, 6.07) is 7.54. The fourth-order valence-corrected chi connectivity index (χ4v) is 6.96. The van der Waals surface area contributed by atoms with Crippen LogP contribution in [0.1, 0.15) is 133 Å². The third-order valence-electron chi connectivity index (χ3n) is 9.61. The molecule has 2 aliphatic carbocycles. The summed E-state index contributed by atoms with van der Waals surface area (Å²) in [4.78, 5) is 11.7. The first kappa shape index (κ1) is 33.9. The molecule has 4 rings (SSSR count). The van der Waals surface area contributed by atoms with Gasteiger partial charge in [0.15, 0.2) is 11.9 Å². The first-order chi connectivity index (χ1) is 21.0. The zero-order valence-electron chi connectivity index (χ0n) is 26.5. The number of rotatable bonds is 19. The second-order valence-electron chi connectivity index (χ2n) is 13.0. The first-order valence-electron chi connectivity index (χ1n) is 17.3. The molecule has 3 aliphatic rings. The SMILES string of the molecule is CCCCCCCCC[C@H]1CO[C@H](c2ccccc2C2(OCCCCCCC3CCCC3)C=CC(C(=O)O)C=C2F)OC1. The molecule has 0 aromatic heterocycles. The van der Waals surface area contributed by atoms with Crippen LogP contribution in [0.4, 0.5) is 4.39 Å². The van der Waals surface area contributed by atoms with E-state index >= 15 is 4.39 Å². The largest absolute Gasteiger partial charge is 0.481 e. The number of aliphatic carboxylic acids is 1. The van der Waals surface area contributed by atoms with Crippen LogP contribution >= 0.6 is 0 Å². The zero-order chi connectivity index (χ0) is 30.3. The van der Waals surface area contributed by atoms with Crippen molar-refractivity contribution < 1.29 is 28.5 Å². The lowest BCUT2D eigenvalue weighted by atomic mass is 9.82. The van der Waals surface area contributed by atoms with E-state index < -0.39 is 29.6 Å². The Morgan fingerprint density at radius 1 is 0.907 bits per heavy atom. The van der Waals surface area contributed by atoms with E-state index in [9.17, 15) is 9.90 Å². The predicted octanol–water partition coefficient (Wildman–Crippen LogP) is 9.97. The Bertz CT molecular complexity index is 1020. The Labute approximate surface area is 259 Å². The Morgan fingerprint density at radius 2 is 1.53 bits per heavy atom. The lowest BCUT2D eigenvalue weighted by Crippen LogP contribution is -2.35. The second-order valence-corrected chi connectivity index (χ2v) is 13.0. The molecule has 0 spiro atoms. The standard InChI is InChI=1S/C37H55FO5/c1-2-3-4-5-6-7-11-20-30-27-41-36(42-28-30)32-21-14-15-22-33(32)37(24-23-31(35(39)40)26-34(37)38)43-25-16-9-8-10-17-29-18-12-13-19-29/h14-15,21-24,26,29-31,36H,2-13,16-20,25,27-28H2,1H3,(H,39,40)/t30-,31?,36-,37?. The summed E-state index contributed by atoms with van der Waals surface area (Å²) in [6.07, 6.45) is 24.9. The number of hydrogen-bond acceptors (Lipinski definition) is 4. The molecule has 1 aliphatic heterocycles. The molecule has 2 fully saturated rings. The van der Waals surface area contributed by atoms with Gasteiger partial charge in [-0.25, -0.2) is 4.39 Å². The van der Waals surface area contributed by atoms with Crippen molar-refractivity contribution in [3.63, 3.8) is 0 Å². The third-order valence-corrected chi connectivity index (χ3v) is 9.61. The average molecular weight is 599 g/mol. The summed E-state index contributed by atoms with van der Waals surface area (Å²) < 4.78 is 34.9. The third kappa shape index (κ3) is 9.99. The van der Waals surface area contributed by atoms with Crippen LogP contribution in [-0.2, 0) is 24.6 Å². The molecule has 1 saturated carbocycles. The second kappa shape index (κ2) is 18.1. The van der Waals surface area contributed by atoms with Gasteiger partial charge in [0.05, 0.1) is 19.1 Å². The number of carboxylic acids is 1. The van der Waals surface area contributed by atoms with Crippen LogP contribution in [0.25, 0.3) is 0 Å². The topological polar surface area (TPSA) is 65.0 Å². The fraction of sp³-hybridized carbons (Fsp3) is 0.703. The molecule has 1 N–H and O–H groups in total. The van der Waals surface area contributed by atoms with Crippen molar-refractivity contribution in [2.45, 2.75) is 128 Å². The van der Waals surface area contributed by atoms with Crippen molar-refractivity contribution >= 4 is 5.97 Å². The van der Waals surface area contributed by atoms with Crippen molar-refractivity contribution in [1.82, 2.24) is 0 Å². The molecule has 2 atom stereocenters. The molecule has 1 aromatic rings. The molecular weight excluding hydrogens is 543 g/mol. The van der Waals surface area contributed by atoms with E-state index in [4.69, 9.17) is 14.2 Å². The fourth-order valence-electron chi connectivity index (χ4n) is 6.96. The molecule has 0 bridgehead atoms. The maximum atomic E-state index is 16.0. The van der Waals surface area contributed by atoms with Gasteiger partial charge in [-0.2, -0.15) is 0 Å². The summed E-state index contributed by atoms with van der Waals surface area (Å²) in [5, 5.41) is 9.54. The summed E-state index contributed by atoms with van der Waals surface area (Å²) in [5.41, 5.74) is -0.149. The average Bonchev–Trinajstić information content (AvgIpc) is 3.55. The highest BCUT2D eigenvalue weighted by molar-refractivity contribution is 5.75. The number of halogens is 1. The van der Waals surface area contributed by atoms with Gasteiger partial charge in [0.2, 0.25) is 0 Å². The molecule has 6 heteroatoms. The van der Waals surface area contributed by atoms with Crippen LogP contribution in [-0.4, -0.2) is 30.9 Å². The van der Waals surface area contributed by atoms with Crippen LogP contribution in [0.5, 0.6) is 0 Å². The van der Waals surface area contributed by atoms with Crippen molar-refractivity contribution in [3.8, 4) is 0 Å². The van der Waals surface area contributed by atoms with E-state index in [1.54, 1.807) is 6.08 Å². The van der Waals surface area contributed by atoms with Crippen molar-refractivity contribution in [1.29, 1.82) is 0 Å². The van der Waals surface area contributed by atoms with Crippen LogP contribution in [0, 0.1) is 17.8 Å². The van der Waals surface area contributed by atoms with Crippen molar-refractivity contribution in [3.05, 3.63) is 59.4 Å². The Hall–Kier alpha value is -2.02. The van der Waals surface area contributed by atoms with Gasteiger partial charge >= 0.3 is 5.97 Å². The monoisotopic (exact) mass is 598 g/mol. The summed E-state index contributed by atoms with van der Waals surface area (Å²) in [6.45, 7) is 3.85. The quantitative estimate of drug-likeness (QED) is 0.127. The van der Waals surface area contributed by atoms with Crippen molar-refractivity contribution in [2.24, 2.45) is 17.8 Å². The van der Waals surface area contributed by atoms with Gasteiger partial charge in [0.1, 0.15) is 5.83 Å². The van der Waals surface area contributed by atoms with Gasteiger partial charge < -0.3 is 19.3 Å². The molecular formula is C37H55FO5. The molecule has 0 amide bonds. The van der Waals surface area contributed by atoms with E-state index in [2.05, 4.69) is 6.92 Å². The summed E-state index contributed by atoms with van der Waals surface area (Å²) >= 11 is 0. The first-order valence-corrected chi connectivity index (χ1v) is 17.3. The molecule has 1 saturated heterocycles. The van der Waals surface area contributed by atoms with E-state index in [1.807, 2.05) is 24.3 Å².